The molecule has 4 heteroatoms. The summed E-state index contributed by atoms with van der Waals surface area (Å²) in [4.78, 5) is 8.64. The molecule has 0 saturated heterocycles. The second-order valence-corrected chi connectivity index (χ2v) is 5.73. The first-order valence-corrected chi connectivity index (χ1v) is 8.02. The van der Waals surface area contributed by atoms with Crippen molar-refractivity contribution in [1.82, 2.24) is 9.97 Å². The Balaban J connectivity index is 2.12. The molecule has 122 valence electrons. The van der Waals surface area contributed by atoms with Gasteiger partial charge in [-0.3, -0.25) is 0 Å². The van der Waals surface area contributed by atoms with Crippen LogP contribution in [0.3, 0.4) is 0 Å². The zero-order valence-electron chi connectivity index (χ0n) is 13.8. The van der Waals surface area contributed by atoms with Crippen LogP contribution in [0.25, 0.3) is 33.2 Å². The number of anilines is 1. The van der Waals surface area contributed by atoms with E-state index in [1.807, 2.05) is 36.4 Å². The number of aromatic nitrogens is 2. The third-order valence-electron chi connectivity index (χ3n) is 4.22. The zero-order valence-corrected chi connectivity index (χ0v) is 13.8. The second kappa shape index (κ2) is 6.24. The molecule has 0 fully saturated rings. The van der Waals surface area contributed by atoms with E-state index >= 15 is 0 Å². The number of ether oxygens (including phenoxy) is 1. The highest BCUT2D eigenvalue weighted by Crippen LogP contribution is 2.41. The Morgan fingerprint density at radius 2 is 1.44 bits per heavy atom. The summed E-state index contributed by atoms with van der Waals surface area (Å²) < 4.78 is 5.71. The topological polar surface area (TPSA) is 61.0 Å². The van der Waals surface area contributed by atoms with Crippen LogP contribution in [0.2, 0.25) is 0 Å². The lowest BCUT2D eigenvalue weighted by atomic mass is 9.94. The predicted octanol–water partition coefficient (Wildman–Crippen LogP) is 4.55. The van der Waals surface area contributed by atoms with Gasteiger partial charge in [0, 0.05) is 17.1 Å². The van der Waals surface area contributed by atoms with Crippen LogP contribution in [0.1, 0.15) is 0 Å². The summed E-state index contributed by atoms with van der Waals surface area (Å²) in [5.41, 5.74) is 10.8. The SMILES string of the molecule is COc1c(-c2ccccc2)cc(-c2ccccc2)c2cnc(N)nc12. The molecule has 4 aromatic rings. The number of methoxy groups -OCH3 is 1. The zero-order chi connectivity index (χ0) is 17.2. The lowest BCUT2D eigenvalue weighted by molar-refractivity contribution is 0.420. The van der Waals surface area contributed by atoms with Gasteiger partial charge in [-0.15, -0.1) is 0 Å². The minimum Gasteiger partial charge on any atom is -0.494 e. The first-order chi connectivity index (χ1) is 12.3. The molecule has 0 aliphatic rings. The molecule has 1 aromatic heterocycles. The molecule has 4 rings (SSSR count). The van der Waals surface area contributed by atoms with Crippen LogP contribution in [-0.2, 0) is 0 Å². The Morgan fingerprint density at radius 3 is 2.04 bits per heavy atom. The van der Waals surface area contributed by atoms with Crippen molar-refractivity contribution in [3.63, 3.8) is 0 Å². The standard InChI is InChI=1S/C21H17N3O/c1-25-20-17(15-10-6-3-7-11-15)12-16(14-8-4-2-5-9-14)18-13-23-21(22)24-19(18)20/h2-13H,1H3,(H2,22,23,24). The first-order valence-electron chi connectivity index (χ1n) is 8.02. The summed E-state index contributed by atoms with van der Waals surface area (Å²) in [7, 11) is 1.65. The van der Waals surface area contributed by atoms with E-state index in [-0.39, 0.29) is 5.95 Å². The van der Waals surface area contributed by atoms with Gasteiger partial charge in [0.25, 0.3) is 0 Å². The van der Waals surface area contributed by atoms with Crippen LogP contribution in [-0.4, -0.2) is 17.1 Å². The Kier molecular flexibility index (Phi) is 3.78. The molecule has 0 unspecified atom stereocenters. The molecule has 0 aliphatic heterocycles. The van der Waals surface area contributed by atoms with Crippen molar-refractivity contribution >= 4 is 16.9 Å². The van der Waals surface area contributed by atoms with Crippen LogP contribution in [0.4, 0.5) is 5.95 Å². The summed E-state index contributed by atoms with van der Waals surface area (Å²) in [5, 5.41) is 0.914. The monoisotopic (exact) mass is 327 g/mol. The van der Waals surface area contributed by atoms with Gasteiger partial charge < -0.3 is 10.5 Å². The van der Waals surface area contributed by atoms with E-state index in [2.05, 4.69) is 40.3 Å². The number of nitrogens with two attached hydrogens (primary N) is 1. The van der Waals surface area contributed by atoms with Gasteiger partial charge >= 0.3 is 0 Å². The highest BCUT2D eigenvalue weighted by Gasteiger charge is 2.17. The third kappa shape index (κ3) is 2.68. The number of nitrogens with zero attached hydrogens (tertiary/aromatic N) is 2. The Bertz CT molecular complexity index is 1030. The Labute approximate surface area is 145 Å². The average molecular weight is 327 g/mol. The Hall–Kier alpha value is -3.40. The summed E-state index contributed by atoms with van der Waals surface area (Å²) in [6.45, 7) is 0. The molecule has 0 aliphatic carbocycles. The van der Waals surface area contributed by atoms with Gasteiger partial charge in [0.2, 0.25) is 5.95 Å². The summed E-state index contributed by atoms with van der Waals surface area (Å²) in [6.07, 6.45) is 1.76. The number of fused-ring (bicyclic) bond motifs is 1. The third-order valence-corrected chi connectivity index (χ3v) is 4.22. The van der Waals surface area contributed by atoms with Crippen molar-refractivity contribution in [2.24, 2.45) is 0 Å². The van der Waals surface area contributed by atoms with E-state index in [4.69, 9.17) is 10.5 Å². The van der Waals surface area contributed by atoms with E-state index in [1.54, 1.807) is 13.3 Å². The van der Waals surface area contributed by atoms with Crippen molar-refractivity contribution in [3.05, 3.63) is 72.9 Å². The number of rotatable bonds is 3. The van der Waals surface area contributed by atoms with Crippen molar-refractivity contribution in [2.75, 3.05) is 12.8 Å². The lowest BCUT2D eigenvalue weighted by Crippen LogP contribution is -1.99. The second-order valence-electron chi connectivity index (χ2n) is 5.73. The number of hydrogen-bond donors (Lipinski definition) is 1. The van der Waals surface area contributed by atoms with E-state index < -0.39 is 0 Å². The van der Waals surface area contributed by atoms with Crippen molar-refractivity contribution in [2.45, 2.75) is 0 Å². The molecule has 2 N–H and O–H groups in total. The number of benzene rings is 3. The van der Waals surface area contributed by atoms with Crippen molar-refractivity contribution in [3.8, 4) is 28.0 Å². The fourth-order valence-corrected chi connectivity index (χ4v) is 3.08. The molecule has 25 heavy (non-hydrogen) atoms. The largest absolute Gasteiger partial charge is 0.494 e. The highest BCUT2D eigenvalue weighted by atomic mass is 16.5. The van der Waals surface area contributed by atoms with Gasteiger partial charge in [0.15, 0.2) is 5.75 Å². The van der Waals surface area contributed by atoms with E-state index in [0.29, 0.717) is 5.75 Å². The number of hydrogen-bond acceptors (Lipinski definition) is 4. The highest BCUT2D eigenvalue weighted by molar-refractivity contribution is 6.02. The van der Waals surface area contributed by atoms with Gasteiger partial charge in [-0.1, -0.05) is 60.7 Å². The molecule has 0 amide bonds. The maximum absolute atomic E-state index is 5.85. The summed E-state index contributed by atoms with van der Waals surface area (Å²) >= 11 is 0. The molecule has 0 bridgehead atoms. The molecular formula is C21H17N3O. The molecule has 0 spiro atoms. The normalized spacial score (nSPS) is 10.8. The van der Waals surface area contributed by atoms with Crippen LogP contribution in [0.15, 0.2) is 72.9 Å². The minimum atomic E-state index is 0.232. The van der Waals surface area contributed by atoms with Crippen molar-refractivity contribution in [1.29, 1.82) is 0 Å². The quantitative estimate of drug-likeness (QED) is 0.599. The maximum Gasteiger partial charge on any atom is 0.220 e. The van der Waals surface area contributed by atoms with E-state index in [0.717, 1.165) is 33.2 Å². The molecule has 1 heterocycles. The molecule has 3 aromatic carbocycles. The lowest BCUT2D eigenvalue weighted by Gasteiger charge is -2.15. The van der Waals surface area contributed by atoms with Crippen LogP contribution in [0.5, 0.6) is 5.75 Å². The summed E-state index contributed by atoms with van der Waals surface area (Å²) in [5.74, 6) is 0.935. The molecule has 0 radical (unpaired) electrons. The van der Waals surface area contributed by atoms with Crippen LogP contribution in [0, 0.1) is 0 Å². The first kappa shape index (κ1) is 15.1. The molecule has 4 nitrogen and oxygen atoms in total. The predicted molar refractivity (Wildman–Crippen MR) is 101 cm³/mol. The molecular weight excluding hydrogens is 310 g/mol. The van der Waals surface area contributed by atoms with Gasteiger partial charge in [-0.25, -0.2) is 9.97 Å². The fourth-order valence-electron chi connectivity index (χ4n) is 3.08. The summed E-state index contributed by atoms with van der Waals surface area (Å²) in [6, 6.07) is 22.5. The van der Waals surface area contributed by atoms with Crippen LogP contribution >= 0.6 is 0 Å². The Morgan fingerprint density at radius 1 is 0.840 bits per heavy atom. The fraction of sp³-hybridized carbons (Fsp3) is 0.0476. The smallest absolute Gasteiger partial charge is 0.220 e. The average Bonchev–Trinajstić information content (AvgIpc) is 2.68. The van der Waals surface area contributed by atoms with Crippen molar-refractivity contribution < 1.29 is 4.74 Å². The molecule has 0 saturated carbocycles. The van der Waals surface area contributed by atoms with Crippen LogP contribution < -0.4 is 10.5 Å². The number of nitrogen functional groups attached to an aromatic ring is 1. The van der Waals surface area contributed by atoms with Gasteiger partial charge in [-0.05, 0) is 22.8 Å². The van der Waals surface area contributed by atoms with Gasteiger partial charge in [0.05, 0.1) is 7.11 Å². The van der Waals surface area contributed by atoms with Gasteiger partial charge in [0.1, 0.15) is 5.52 Å². The van der Waals surface area contributed by atoms with E-state index in [1.165, 1.54) is 0 Å². The minimum absolute atomic E-state index is 0.232. The maximum atomic E-state index is 5.85. The van der Waals surface area contributed by atoms with Gasteiger partial charge in [-0.2, -0.15) is 0 Å². The molecule has 0 atom stereocenters. The van der Waals surface area contributed by atoms with E-state index in [9.17, 15) is 0 Å².